The lowest BCUT2D eigenvalue weighted by Crippen LogP contribution is -2.26. The van der Waals surface area contributed by atoms with Crippen molar-refractivity contribution in [3.05, 3.63) is 30.1 Å². The Morgan fingerprint density at radius 1 is 1.20 bits per heavy atom. The van der Waals surface area contributed by atoms with E-state index in [-0.39, 0.29) is 6.04 Å². The molecule has 0 radical (unpaired) electrons. The predicted octanol–water partition coefficient (Wildman–Crippen LogP) is 2.54. The number of hydrogen-bond donors (Lipinski definition) is 1. The van der Waals surface area contributed by atoms with Crippen LogP contribution in [0.5, 0.6) is 0 Å². The highest BCUT2D eigenvalue weighted by molar-refractivity contribution is 5.76. The second kappa shape index (κ2) is 5.94. The van der Waals surface area contributed by atoms with Crippen molar-refractivity contribution in [2.45, 2.75) is 38.8 Å². The molecule has 1 fully saturated rings. The molecule has 2 heterocycles. The molecule has 0 bridgehead atoms. The summed E-state index contributed by atoms with van der Waals surface area (Å²) in [5.41, 5.74) is 8.52. The third-order valence-corrected chi connectivity index (χ3v) is 4.29. The molecule has 1 aromatic carbocycles. The summed E-state index contributed by atoms with van der Waals surface area (Å²) in [6.07, 6.45) is 3.60. The van der Waals surface area contributed by atoms with Crippen molar-refractivity contribution >= 4 is 11.0 Å². The van der Waals surface area contributed by atoms with E-state index in [9.17, 15) is 0 Å². The molecule has 1 aromatic heterocycles. The topological polar surface area (TPSA) is 47.1 Å². The third kappa shape index (κ3) is 2.58. The summed E-state index contributed by atoms with van der Waals surface area (Å²) in [4.78, 5) is 7.29. The van der Waals surface area contributed by atoms with Gasteiger partial charge in [0.25, 0.3) is 0 Å². The van der Waals surface area contributed by atoms with E-state index in [2.05, 4.69) is 34.6 Å². The van der Waals surface area contributed by atoms with E-state index >= 15 is 0 Å². The van der Waals surface area contributed by atoms with Crippen LogP contribution in [0.15, 0.2) is 24.3 Å². The number of nitrogens with two attached hydrogens (primary N) is 1. The van der Waals surface area contributed by atoms with Crippen LogP contribution in [0.25, 0.3) is 11.0 Å². The van der Waals surface area contributed by atoms with Gasteiger partial charge >= 0.3 is 0 Å². The summed E-state index contributed by atoms with van der Waals surface area (Å²) >= 11 is 0. The van der Waals surface area contributed by atoms with E-state index in [0.717, 1.165) is 30.9 Å². The van der Waals surface area contributed by atoms with Crippen molar-refractivity contribution < 1.29 is 0 Å². The highest BCUT2D eigenvalue weighted by atomic mass is 15.2. The Labute approximate surface area is 120 Å². The number of likely N-dealkylation sites (tertiary alicyclic amines) is 1. The van der Waals surface area contributed by atoms with Crippen LogP contribution in [0.2, 0.25) is 0 Å². The number of aromatic nitrogens is 2. The van der Waals surface area contributed by atoms with Crippen molar-refractivity contribution in [2.24, 2.45) is 5.73 Å². The van der Waals surface area contributed by atoms with E-state index in [1.807, 2.05) is 6.07 Å². The van der Waals surface area contributed by atoms with E-state index in [1.165, 1.54) is 31.4 Å². The van der Waals surface area contributed by atoms with Crippen molar-refractivity contribution in [3.63, 3.8) is 0 Å². The highest BCUT2D eigenvalue weighted by Gasteiger charge is 2.17. The van der Waals surface area contributed by atoms with E-state index in [1.54, 1.807) is 0 Å². The van der Waals surface area contributed by atoms with Crippen molar-refractivity contribution in [3.8, 4) is 0 Å². The molecule has 0 spiro atoms. The van der Waals surface area contributed by atoms with Gasteiger partial charge in [0.15, 0.2) is 0 Å². The van der Waals surface area contributed by atoms with E-state index < -0.39 is 0 Å². The maximum absolute atomic E-state index is 6.25. The zero-order valence-corrected chi connectivity index (χ0v) is 12.3. The second-order valence-electron chi connectivity index (χ2n) is 5.67. The standard InChI is InChI=1S/C16H24N4/c1-2-13(17)16-18-14-7-3-4-8-15(14)20(16)12-11-19-9-5-6-10-19/h3-4,7-8,13H,2,5-6,9-12,17H2,1H3. The van der Waals surface area contributed by atoms with Gasteiger partial charge in [0.05, 0.1) is 17.1 Å². The van der Waals surface area contributed by atoms with Gasteiger partial charge in [-0.25, -0.2) is 4.98 Å². The summed E-state index contributed by atoms with van der Waals surface area (Å²) in [6, 6.07) is 8.38. The van der Waals surface area contributed by atoms with Gasteiger partial charge < -0.3 is 15.2 Å². The first-order valence-corrected chi connectivity index (χ1v) is 7.72. The number of para-hydroxylation sites is 2. The molecular weight excluding hydrogens is 248 g/mol. The Morgan fingerprint density at radius 2 is 1.95 bits per heavy atom. The average molecular weight is 272 g/mol. The molecule has 1 saturated heterocycles. The molecule has 3 rings (SSSR count). The lowest BCUT2D eigenvalue weighted by molar-refractivity contribution is 0.321. The molecule has 2 aromatic rings. The average Bonchev–Trinajstić information content (AvgIpc) is 3.11. The summed E-state index contributed by atoms with van der Waals surface area (Å²) in [6.45, 7) is 6.69. The summed E-state index contributed by atoms with van der Waals surface area (Å²) in [7, 11) is 0. The number of fused-ring (bicyclic) bond motifs is 1. The van der Waals surface area contributed by atoms with Crippen molar-refractivity contribution in [2.75, 3.05) is 19.6 Å². The molecule has 0 aliphatic carbocycles. The normalized spacial score (nSPS) is 17.9. The fourth-order valence-electron chi connectivity index (χ4n) is 3.04. The fourth-order valence-corrected chi connectivity index (χ4v) is 3.04. The maximum atomic E-state index is 6.25. The summed E-state index contributed by atoms with van der Waals surface area (Å²) in [5, 5.41) is 0. The largest absolute Gasteiger partial charge is 0.325 e. The third-order valence-electron chi connectivity index (χ3n) is 4.29. The van der Waals surface area contributed by atoms with Crippen LogP contribution in [0.4, 0.5) is 0 Å². The van der Waals surface area contributed by atoms with Gasteiger partial charge in [0, 0.05) is 13.1 Å². The molecule has 1 aliphatic heterocycles. The van der Waals surface area contributed by atoms with Crippen LogP contribution in [0, 0.1) is 0 Å². The van der Waals surface area contributed by atoms with Crippen LogP contribution in [-0.4, -0.2) is 34.1 Å². The van der Waals surface area contributed by atoms with Crippen LogP contribution >= 0.6 is 0 Å². The Morgan fingerprint density at radius 3 is 2.70 bits per heavy atom. The first-order valence-electron chi connectivity index (χ1n) is 7.72. The molecule has 1 aliphatic rings. The molecule has 1 unspecified atom stereocenters. The Balaban J connectivity index is 1.89. The minimum absolute atomic E-state index is 0.0287. The molecule has 4 nitrogen and oxygen atoms in total. The maximum Gasteiger partial charge on any atom is 0.126 e. The first-order chi connectivity index (χ1) is 9.79. The SMILES string of the molecule is CCC(N)c1nc2ccccc2n1CCN1CCCC1. The zero-order valence-electron chi connectivity index (χ0n) is 12.3. The van der Waals surface area contributed by atoms with Crippen LogP contribution in [0.1, 0.15) is 38.1 Å². The quantitative estimate of drug-likeness (QED) is 0.910. The molecule has 108 valence electrons. The highest BCUT2D eigenvalue weighted by Crippen LogP contribution is 2.21. The second-order valence-corrected chi connectivity index (χ2v) is 5.67. The van der Waals surface area contributed by atoms with Crippen molar-refractivity contribution in [1.29, 1.82) is 0 Å². The lowest BCUT2D eigenvalue weighted by atomic mass is 10.2. The number of nitrogens with zero attached hydrogens (tertiary/aromatic N) is 3. The van der Waals surface area contributed by atoms with Gasteiger partial charge in [0.2, 0.25) is 0 Å². The van der Waals surface area contributed by atoms with Gasteiger partial charge in [-0.15, -0.1) is 0 Å². The zero-order chi connectivity index (χ0) is 13.9. The monoisotopic (exact) mass is 272 g/mol. The summed E-state index contributed by atoms with van der Waals surface area (Å²) in [5.74, 6) is 1.04. The van der Waals surface area contributed by atoms with Gasteiger partial charge in [-0.3, -0.25) is 0 Å². The van der Waals surface area contributed by atoms with Gasteiger partial charge in [0.1, 0.15) is 5.82 Å². The number of rotatable bonds is 5. The lowest BCUT2D eigenvalue weighted by Gasteiger charge is -2.18. The smallest absolute Gasteiger partial charge is 0.126 e. The van der Waals surface area contributed by atoms with E-state index in [0.29, 0.717) is 0 Å². The molecular formula is C16H24N4. The van der Waals surface area contributed by atoms with Crippen molar-refractivity contribution in [1.82, 2.24) is 14.5 Å². The minimum Gasteiger partial charge on any atom is -0.325 e. The Hall–Kier alpha value is -1.39. The first kappa shape index (κ1) is 13.6. The van der Waals surface area contributed by atoms with Gasteiger partial charge in [-0.1, -0.05) is 19.1 Å². The van der Waals surface area contributed by atoms with Crippen LogP contribution in [-0.2, 0) is 6.54 Å². The van der Waals surface area contributed by atoms with E-state index in [4.69, 9.17) is 10.7 Å². The number of hydrogen-bond acceptors (Lipinski definition) is 3. The molecule has 0 amide bonds. The van der Waals surface area contributed by atoms with Crippen LogP contribution < -0.4 is 5.73 Å². The molecule has 20 heavy (non-hydrogen) atoms. The predicted molar refractivity (Wildman–Crippen MR) is 82.6 cm³/mol. The number of imidazole rings is 1. The Bertz CT molecular complexity index is 569. The van der Waals surface area contributed by atoms with Crippen LogP contribution in [0.3, 0.4) is 0 Å². The molecule has 4 heteroatoms. The molecule has 1 atom stereocenters. The number of benzene rings is 1. The minimum atomic E-state index is 0.0287. The molecule has 2 N–H and O–H groups in total. The molecule has 0 saturated carbocycles. The van der Waals surface area contributed by atoms with Gasteiger partial charge in [-0.2, -0.15) is 0 Å². The Kier molecular flexibility index (Phi) is 4.03. The van der Waals surface area contributed by atoms with Gasteiger partial charge in [-0.05, 0) is 44.5 Å². The summed E-state index contributed by atoms with van der Waals surface area (Å²) < 4.78 is 2.32. The fraction of sp³-hybridized carbons (Fsp3) is 0.562.